The van der Waals surface area contributed by atoms with Crippen molar-refractivity contribution in [3.63, 3.8) is 0 Å². The molecule has 0 saturated carbocycles. The van der Waals surface area contributed by atoms with Crippen molar-refractivity contribution >= 4 is 11.6 Å². The average molecular weight is 292 g/mol. The van der Waals surface area contributed by atoms with E-state index in [2.05, 4.69) is 70.7 Å². The molecule has 0 bridgehead atoms. The zero-order valence-corrected chi connectivity index (χ0v) is 15.0. The molecule has 0 aliphatic rings. The lowest BCUT2D eigenvalue weighted by Crippen LogP contribution is -2.40. The molecule has 1 aromatic heterocycles. The van der Waals surface area contributed by atoms with Gasteiger partial charge in [-0.3, -0.25) is 0 Å². The first kappa shape index (κ1) is 17.7. The van der Waals surface area contributed by atoms with Gasteiger partial charge in [-0.25, -0.2) is 9.97 Å². The molecule has 1 heterocycles. The molecule has 1 unspecified atom stereocenters. The molecule has 0 radical (unpaired) electrons. The number of hydrogen-bond acceptors (Lipinski definition) is 4. The first-order valence-corrected chi connectivity index (χ1v) is 8.06. The molecule has 4 nitrogen and oxygen atoms in total. The minimum atomic E-state index is 0.204. The molecule has 4 heteroatoms. The number of aromatic nitrogens is 2. The summed E-state index contributed by atoms with van der Waals surface area (Å²) in [5, 5.41) is 3.43. The summed E-state index contributed by atoms with van der Waals surface area (Å²) in [4.78, 5) is 11.7. The van der Waals surface area contributed by atoms with Crippen LogP contribution in [0, 0.1) is 12.3 Å². The Hall–Kier alpha value is -1.32. The lowest BCUT2D eigenvalue weighted by atomic mass is 9.87. The number of aryl methyl sites for hydroxylation is 1. The Morgan fingerprint density at radius 3 is 2.29 bits per heavy atom. The van der Waals surface area contributed by atoms with E-state index in [-0.39, 0.29) is 5.41 Å². The van der Waals surface area contributed by atoms with Gasteiger partial charge < -0.3 is 10.2 Å². The molecule has 21 heavy (non-hydrogen) atoms. The van der Waals surface area contributed by atoms with Crippen LogP contribution in [0.15, 0.2) is 0 Å². The summed E-state index contributed by atoms with van der Waals surface area (Å²) in [7, 11) is 2.13. The van der Waals surface area contributed by atoms with Crippen molar-refractivity contribution in [2.75, 3.05) is 23.8 Å². The topological polar surface area (TPSA) is 41.1 Å². The maximum atomic E-state index is 4.77. The van der Waals surface area contributed by atoms with Crippen LogP contribution in [0.5, 0.6) is 0 Å². The van der Waals surface area contributed by atoms with Crippen LogP contribution in [0.4, 0.5) is 11.6 Å². The highest BCUT2D eigenvalue weighted by Crippen LogP contribution is 2.30. The molecule has 1 N–H and O–H groups in total. The minimum Gasteiger partial charge on any atom is -0.370 e. The number of nitrogens with zero attached hydrogens (tertiary/aromatic N) is 3. The fourth-order valence-corrected chi connectivity index (χ4v) is 2.23. The second kappa shape index (κ2) is 7.10. The van der Waals surface area contributed by atoms with E-state index in [0.717, 1.165) is 42.4 Å². The number of hydrogen-bond donors (Lipinski definition) is 1. The van der Waals surface area contributed by atoms with Gasteiger partial charge in [0.05, 0.1) is 0 Å². The predicted octanol–water partition coefficient (Wildman–Crippen LogP) is 4.04. The standard InChI is InChI=1S/C17H32N4/c1-9-11-18-15-12(3)16(20-14(10-2)19-15)21(8)13(4)17(5,6)7/h13H,9-11H2,1-8H3,(H,18,19,20). The zero-order valence-electron chi connectivity index (χ0n) is 15.0. The fraction of sp³-hybridized carbons (Fsp3) is 0.765. The maximum absolute atomic E-state index is 4.77. The highest BCUT2D eigenvalue weighted by Gasteiger charge is 2.26. The van der Waals surface area contributed by atoms with Crippen molar-refractivity contribution in [2.45, 2.75) is 67.3 Å². The SMILES string of the molecule is CCCNc1nc(CC)nc(N(C)C(C)C(C)(C)C)c1C. The molecule has 0 amide bonds. The zero-order chi connectivity index (χ0) is 16.2. The van der Waals surface area contributed by atoms with Gasteiger partial charge in [0.25, 0.3) is 0 Å². The third-order valence-corrected chi connectivity index (χ3v) is 4.19. The van der Waals surface area contributed by atoms with Crippen molar-refractivity contribution in [3.05, 3.63) is 11.4 Å². The van der Waals surface area contributed by atoms with E-state index < -0.39 is 0 Å². The third-order valence-electron chi connectivity index (χ3n) is 4.19. The molecule has 120 valence electrons. The Labute approximate surface area is 130 Å². The van der Waals surface area contributed by atoms with E-state index in [1.165, 1.54) is 0 Å². The molecule has 1 atom stereocenters. The van der Waals surface area contributed by atoms with Crippen molar-refractivity contribution < 1.29 is 0 Å². The van der Waals surface area contributed by atoms with E-state index in [4.69, 9.17) is 4.98 Å². The van der Waals surface area contributed by atoms with Crippen molar-refractivity contribution in [1.29, 1.82) is 0 Å². The summed E-state index contributed by atoms with van der Waals surface area (Å²) in [6.45, 7) is 16.4. The molecule has 1 rings (SSSR count). The van der Waals surface area contributed by atoms with Crippen molar-refractivity contribution in [3.8, 4) is 0 Å². The molecule has 0 spiro atoms. The van der Waals surface area contributed by atoms with Crippen LogP contribution < -0.4 is 10.2 Å². The summed E-state index contributed by atoms with van der Waals surface area (Å²) in [6, 6.07) is 0.398. The molecule has 0 saturated heterocycles. The number of anilines is 2. The van der Waals surface area contributed by atoms with Gasteiger partial charge >= 0.3 is 0 Å². The van der Waals surface area contributed by atoms with Crippen molar-refractivity contribution in [2.24, 2.45) is 5.41 Å². The first-order valence-electron chi connectivity index (χ1n) is 8.06. The maximum Gasteiger partial charge on any atom is 0.137 e. The summed E-state index contributed by atoms with van der Waals surface area (Å²) in [6.07, 6.45) is 1.94. The molecular formula is C17H32N4. The van der Waals surface area contributed by atoms with Crippen LogP contribution in [0.1, 0.15) is 59.4 Å². The van der Waals surface area contributed by atoms with E-state index >= 15 is 0 Å². The quantitative estimate of drug-likeness (QED) is 0.859. The summed E-state index contributed by atoms with van der Waals surface area (Å²) in [5.41, 5.74) is 1.34. The molecule has 1 aromatic rings. The highest BCUT2D eigenvalue weighted by molar-refractivity contribution is 5.59. The lowest BCUT2D eigenvalue weighted by Gasteiger charge is -2.37. The van der Waals surface area contributed by atoms with Crippen LogP contribution in [0.2, 0.25) is 0 Å². The molecule has 0 aromatic carbocycles. The van der Waals surface area contributed by atoms with Gasteiger partial charge in [0.15, 0.2) is 0 Å². The summed E-state index contributed by atoms with van der Waals surface area (Å²) >= 11 is 0. The Morgan fingerprint density at radius 2 is 1.81 bits per heavy atom. The lowest BCUT2D eigenvalue weighted by molar-refractivity contribution is 0.328. The van der Waals surface area contributed by atoms with E-state index in [9.17, 15) is 0 Å². The number of rotatable bonds is 6. The van der Waals surface area contributed by atoms with Crippen LogP contribution in [-0.4, -0.2) is 29.6 Å². The van der Waals surface area contributed by atoms with Crippen LogP contribution >= 0.6 is 0 Å². The van der Waals surface area contributed by atoms with Crippen LogP contribution in [0.3, 0.4) is 0 Å². The van der Waals surface area contributed by atoms with Gasteiger partial charge in [-0.05, 0) is 25.7 Å². The molecule has 0 aliphatic heterocycles. The van der Waals surface area contributed by atoms with Gasteiger partial charge in [-0.2, -0.15) is 0 Å². The van der Waals surface area contributed by atoms with Gasteiger partial charge in [-0.15, -0.1) is 0 Å². The van der Waals surface area contributed by atoms with Gasteiger partial charge in [0, 0.05) is 31.6 Å². The summed E-state index contributed by atoms with van der Waals surface area (Å²) < 4.78 is 0. The van der Waals surface area contributed by atoms with Gasteiger partial charge in [0.2, 0.25) is 0 Å². The van der Waals surface area contributed by atoms with Crippen molar-refractivity contribution in [1.82, 2.24) is 9.97 Å². The second-order valence-corrected chi connectivity index (χ2v) is 6.87. The van der Waals surface area contributed by atoms with E-state index in [0.29, 0.717) is 6.04 Å². The number of nitrogens with one attached hydrogen (secondary N) is 1. The van der Waals surface area contributed by atoms with Crippen LogP contribution in [0.25, 0.3) is 0 Å². The first-order chi connectivity index (χ1) is 9.72. The fourth-order valence-electron chi connectivity index (χ4n) is 2.23. The molecule has 0 fully saturated rings. The third kappa shape index (κ3) is 4.32. The summed E-state index contributed by atoms with van der Waals surface area (Å²) in [5.74, 6) is 2.93. The minimum absolute atomic E-state index is 0.204. The van der Waals surface area contributed by atoms with Gasteiger partial charge in [0.1, 0.15) is 17.5 Å². The van der Waals surface area contributed by atoms with Crippen LogP contribution in [-0.2, 0) is 6.42 Å². The molecule has 0 aliphatic carbocycles. The highest BCUT2D eigenvalue weighted by atomic mass is 15.2. The molecular weight excluding hydrogens is 260 g/mol. The van der Waals surface area contributed by atoms with Gasteiger partial charge in [-0.1, -0.05) is 34.6 Å². The predicted molar refractivity (Wildman–Crippen MR) is 92.2 cm³/mol. The normalized spacial score (nSPS) is 13.1. The largest absolute Gasteiger partial charge is 0.370 e. The average Bonchev–Trinajstić information content (AvgIpc) is 2.43. The monoisotopic (exact) mass is 292 g/mol. The Kier molecular flexibility index (Phi) is 5.99. The Bertz CT molecular complexity index is 463. The Morgan fingerprint density at radius 1 is 1.19 bits per heavy atom. The second-order valence-electron chi connectivity index (χ2n) is 6.87. The Balaban J connectivity index is 3.21. The smallest absolute Gasteiger partial charge is 0.137 e. The van der Waals surface area contributed by atoms with E-state index in [1.807, 2.05) is 0 Å². The van der Waals surface area contributed by atoms with E-state index in [1.54, 1.807) is 0 Å².